The van der Waals surface area contributed by atoms with Gasteiger partial charge >= 0.3 is 0 Å². The van der Waals surface area contributed by atoms with E-state index in [1.165, 1.54) is 0 Å². The number of likely N-dealkylation sites (N-methyl/N-ethyl adjacent to an activating group) is 1. The molecule has 0 heterocycles. The Morgan fingerprint density at radius 2 is 1.88 bits per heavy atom. The van der Waals surface area contributed by atoms with Gasteiger partial charge in [0, 0.05) is 13.1 Å². The molecule has 0 radical (unpaired) electrons. The molecule has 1 unspecified atom stereocenters. The third-order valence-electron chi connectivity index (χ3n) is 2.80. The highest BCUT2D eigenvalue weighted by Gasteiger charge is 2.09. The summed E-state index contributed by atoms with van der Waals surface area (Å²) in [6.07, 6.45) is 2.03. The Bertz CT molecular complexity index is 165. The van der Waals surface area contributed by atoms with Crippen molar-refractivity contribution in [1.82, 2.24) is 15.1 Å². The number of nitrogens with one attached hydrogen (secondary N) is 1. The molecule has 4 heteroatoms. The monoisotopic (exact) mass is 245 g/mol. The molecule has 0 amide bonds. The fraction of sp³-hybridized carbons (Fsp3) is 1.00. The minimum absolute atomic E-state index is 0.249. The molecule has 0 rings (SSSR count). The fourth-order valence-corrected chi connectivity index (χ4v) is 1.80. The molecule has 0 saturated carbocycles. The van der Waals surface area contributed by atoms with Crippen molar-refractivity contribution in [3.63, 3.8) is 0 Å². The van der Waals surface area contributed by atoms with Crippen molar-refractivity contribution in [3.05, 3.63) is 0 Å². The molecule has 104 valence electrons. The van der Waals surface area contributed by atoms with Gasteiger partial charge < -0.3 is 20.2 Å². The van der Waals surface area contributed by atoms with Crippen LogP contribution in [-0.4, -0.2) is 74.4 Å². The van der Waals surface area contributed by atoms with Crippen molar-refractivity contribution in [2.24, 2.45) is 0 Å². The largest absolute Gasteiger partial charge is 0.390 e. The third kappa shape index (κ3) is 10.7. The second kappa shape index (κ2) is 11.0. The van der Waals surface area contributed by atoms with E-state index < -0.39 is 0 Å². The summed E-state index contributed by atoms with van der Waals surface area (Å²) in [6.45, 7) is 9.96. The van der Waals surface area contributed by atoms with Crippen LogP contribution in [0.2, 0.25) is 0 Å². The zero-order chi connectivity index (χ0) is 13.1. The Hall–Kier alpha value is -0.160. The number of rotatable bonds is 11. The molecule has 2 N–H and O–H groups in total. The van der Waals surface area contributed by atoms with Crippen LogP contribution in [0.3, 0.4) is 0 Å². The molecular formula is C13H31N3O. The number of hydrogen-bond acceptors (Lipinski definition) is 4. The Labute approximate surface area is 107 Å². The maximum Gasteiger partial charge on any atom is 0.0791 e. The van der Waals surface area contributed by atoms with E-state index in [2.05, 4.69) is 43.1 Å². The number of nitrogens with zero attached hydrogens (tertiary/aromatic N) is 2. The molecule has 0 saturated heterocycles. The summed E-state index contributed by atoms with van der Waals surface area (Å²) >= 11 is 0. The molecule has 1 atom stereocenters. The predicted molar refractivity (Wildman–Crippen MR) is 74.5 cm³/mol. The van der Waals surface area contributed by atoms with Gasteiger partial charge in [-0.2, -0.15) is 0 Å². The summed E-state index contributed by atoms with van der Waals surface area (Å²) in [5.74, 6) is 0. The molecule has 0 aromatic heterocycles. The van der Waals surface area contributed by atoms with Crippen LogP contribution in [0.1, 0.15) is 26.7 Å². The first-order valence-electron chi connectivity index (χ1n) is 6.86. The number of aliphatic hydroxyl groups is 1. The van der Waals surface area contributed by atoms with Gasteiger partial charge in [-0.05, 0) is 53.1 Å². The molecule has 17 heavy (non-hydrogen) atoms. The molecule has 0 aromatic carbocycles. The summed E-state index contributed by atoms with van der Waals surface area (Å²) in [7, 11) is 4.19. The minimum Gasteiger partial charge on any atom is -0.390 e. The third-order valence-corrected chi connectivity index (χ3v) is 2.80. The summed E-state index contributed by atoms with van der Waals surface area (Å²) in [5, 5.41) is 13.1. The second-order valence-electron chi connectivity index (χ2n) is 4.91. The van der Waals surface area contributed by atoms with E-state index in [0.29, 0.717) is 6.54 Å². The van der Waals surface area contributed by atoms with Gasteiger partial charge in [0.2, 0.25) is 0 Å². The highest BCUT2D eigenvalue weighted by molar-refractivity contribution is 4.66. The number of hydrogen-bond donors (Lipinski definition) is 2. The fourth-order valence-electron chi connectivity index (χ4n) is 1.80. The van der Waals surface area contributed by atoms with E-state index in [-0.39, 0.29) is 6.10 Å². The van der Waals surface area contributed by atoms with Crippen LogP contribution in [0.4, 0.5) is 0 Å². The zero-order valence-electron chi connectivity index (χ0n) is 12.1. The van der Waals surface area contributed by atoms with Gasteiger partial charge in [0.15, 0.2) is 0 Å². The molecule has 0 aromatic rings. The van der Waals surface area contributed by atoms with Gasteiger partial charge in [0.05, 0.1) is 6.10 Å². The Morgan fingerprint density at radius 3 is 2.41 bits per heavy atom. The average Bonchev–Trinajstić information content (AvgIpc) is 2.27. The minimum atomic E-state index is -0.249. The van der Waals surface area contributed by atoms with Crippen molar-refractivity contribution in [3.8, 4) is 0 Å². The van der Waals surface area contributed by atoms with E-state index in [1.54, 1.807) is 0 Å². The standard InChI is InChI=1S/C13H31N3O/c1-5-8-14-11-13(17)12-16(6-2)10-7-9-15(3)4/h13-14,17H,5-12H2,1-4H3. The number of aliphatic hydroxyl groups excluding tert-OH is 1. The lowest BCUT2D eigenvalue weighted by Crippen LogP contribution is -2.39. The van der Waals surface area contributed by atoms with Crippen LogP contribution < -0.4 is 5.32 Å². The SMILES string of the molecule is CCCNCC(O)CN(CC)CCCN(C)C. The first-order valence-corrected chi connectivity index (χ1v) is 6.86. The predicted octanol–water partition coefficient (Wildman–Crippen LogP) is 0.621. The topological polar surface area (TPSA) is 38.7 Å². The van der Waals surface area contributed by atoms with Crippen molar-refractivity contribution < 1.29 is 5.11 Å². The summed E-state index contributed by atoms with van der Waals surface area (Å²) < 4.78 is 0. The first-order chi connectivity index (χ1) is 8.10. The maximum absolute atomic E-state index is 9.87. The maximum atomic E-state index is 9.87. The first kappa shape index (κ1) is 16.8. The smallest absolute Gasteiger partial charge is 0.0791 e. The average molecular weight is 245 g/mol. The van der Waals surface area contributed by atoms with Crippen molar-refractivity contribution in [2.45, 2.75) is 32.8 Å². The summed E-state index contributed by atoms with van der Waals surface area (Å²) in [5.41, 5.74) is 0. The van der Waals surface area contributed by atoms with E-state index >= 15 is 0 Å². The molecule has 0 aliphatic rings. The van der Waals surface area contributed by atoms with E-state index in [0.717, 1.165) is 45.6 Å². The van der Waals surface area contributed by atoms with Crippen LogP contribution in [-0.2, 0) is 0 Å². The highest BCUT2D eigenvalue weighted by Crippen LogP contribution is 1.95. The van der Waals surface area contributed by atoms with Gasteiger partial charge in [0.25, 0.3) is 0 Å². The quantitative estimate of drug-likeness (QED) is 0.524. The summed E-state index contributed by atoms with van der Waals surface area (Å²) in [4.78, 5) is 4.52. The molecule has 0 fully saturated rings. The summed E-state index contributed by atoms with van der Waals surface area (Å²) in [6, 6.07) is 0. The highest BCUT2D eigenvalue weighted by atomic mass is 16.3. The van der Waals surface area contributed by atoms with Gasteiger partial charge in [-0.15, -0.1) is 0 Å². The molecule has 0 bridgehead atoms. The van der Waals surface area contributed by atoms with Gasteiger partial charge in [0.1, 0.15) is 0 Å². The van der Waals surface area contributed by atoms with Crippen LogP contribution in [0.5, 0.6) is 0 Å². The van der Waals surface area contributed by atoms with Gasteiger partial charge in [-0.1, -0.05) is 13.8 Å². The molecule has 0 aliphatic carbocycles. The molecule has 4 nitrogen and oxygen atoms in total. The van der Waals surface area contributed by atoms with Crippen LogP contribution in [0.15, 0.2) is 0 Å². The van der Waals surface area contributed by atoms with Crippen LogP contribution in [0, 0.1) is 0 Å². The van der Waals surface area contributed by atoms with Crippen LogP contribution in [0.25, 0.3) is 0 Å². The Balaban J connectivity index is 3.63. The van der Waals surface area contributed by atoms with Crippen molar-refractivity contribution in [2.75, 3.05) is 53.4 Å². The lowest BCUT2D eigenvalue weighted by Gasteiger charge is -2.24. The molecule has 0 spiro atoms. The van der Waals surface area contributed by atoms with Crippen molar-refractivity contribution in [1.29, 1.82) is 0 Å². The van der Waals surface area contributed by atoms with Gasteiger partial charge in [-0.3, -0.25) is 0 Å². The Morgan fingerprint density at radius 1 is 1.18 bits per heavy atom. The van der Waals surface area contributed by atoms with E-state index in [4.69, 9.17) is 0 Å². The zero-order valence-corrected chi connectivity index (χ0v) is 12.1. The Kier molecular flexibility index (Phi) is 10.9. The lowest BCUT2D eigenvalue weighted by atomic mass is 10.3. The molecule has 0 aliphatic heterocycles. The molecular weight excluding hydrogens is 214 g/mol. The lowest BCUT2D eigenvalue weighted by molar-refractivity contribution is 0.112. The van der Waals surface area contributed by atoms with Crippen LogP contribution >= 0.6 is 0 Å². The van der Waals surface area contributed by atoms with E-state index in [9.17, 15) is 5.11 Å². The van der Waals surface area contributed by atoms with E-state index in [1.807, 2.05) is 0 Å². The normalized spacial score (nSPS) is 13.6. The van der Waals surface area contributed by atoms with Gasteiger partial charge in [-0.25, -0.2) is 0 Å². The van der Waals surface area contributed by atoms with Crippen molar-refractivity contribution >= 4 is 0 Å². The second-order valence-corrected chi connectivity index (χ2v) is 4.91.